The van der Waals surface area contributed by atoms with Gasteiger partial charge in [0, 0.05) is 27.9 Å². The molecule has 0 aliphatic carbocycles. The molecule has 3 nitrogen and oxygen atoms in total. The predicted octanol–water partition coefficient (Wildman–Crippen LogP) is 13.1. The fourth-order valence-electron chi connectivity index (χ4n) is 6.80. The highest BCUT2D eigenvalue weighted by atomic mass is 16.3. The van der Waals surface area contributed by atoms with Crippen molar-refractivity contribution in [2.45, 2.75) is 0 Å². The van der Waals surface area contributed by atoms with Gasteiger partial charge in [0.25, 0.3) is 0 Å². The zero-order valence-electron chi connectivity index (χ0n) is 27.3. The first-order valence-corrected chi connectivity index (χ1v) is 16.9. The van der Waals surface area contributed by atoms with E-state index in [0.717, 1.165) is 55.6 Å². The molecule has 0 bridgehead atoms. The second-order valence-electron chi connectivity index (χ2n) is 12.4. The lowest BCUT2D eigenvalue weighted by Crippen LogP contribution is -2.11. The number of para-hydroxylation sites is 1. The molecule has 0 atom stereocenters. The van der Waals surface area contributed by atoms with Crippen LogP contribution in [0, 0.1) is 0 Å². The summed E-state index contributed by atoms with van der Waals surface area (Å²) in [5, 5.41) is 2.21. The van der Waals surface area contributed by atoms with Crippen molar-refractivity contribution in [3.8, 4) is 44.8 Å². The molecule has 0 saturated carbocycles. The van der Waals surface area contributed by atoms with Crippen LogP contribution in [0.15, 0.2) is 199 Å². The van der Waals surface area contributed by atoms with E-state index >= 15 is 0 Å². The fourth-order valence-corrected chi connectivity index (χ4v) is 6.80. The van der Waals surface area contributed by atoms with Crippen molar-refractivity contribution in [1.29, 1.82) is 0 Å². The number of nitrogens with zero attached hydrogens (tertiary/aromatic N) is 2. The summed E-state index contributed by atoms with van der Waals surface area (Å²) in [6.45, 7) is 0. The minimum atomic E-state index is 0.640. The maximum atomic E-state index is 6.14. The van der Waals surface area contributed by atoms with Gasteiger partial charge in [-0.3, -0.25) is 0 Å². The van der Waals surface area contributed by atoms with Crippen LogP contribution in [0.5, 0.6) is 0 Å². The van der Waals surface area contributed by atoms with E-state index in [9.17, 15) is 0 Å². The van der Waals surface area contributed by atoms with E-state index in [0.29, 0.717) is 5.89 Å². The van der Waals surface area contributed by atoms with Gasteiger partial charge in [-0.25, -0.2) is 4.98 Å². The van der Waals surface area contributed by atoms with Crippen LogP contribution in [0.4, 0.5) is 17.1 Å². The highest BCUT2D eigenvalue weighted by molar-refractivity contribution is 6.05. The van der Waals surface area contributed by atoms with Crippen molar-refractivity contribution in [2.75, 3.05) is 4.90 Å². The number of oxazole rings is 1. The third-order valence-electron chi connectivity index (χ3n) is 9.32. The highest BCUT2D eigenvalue weighted by Gasteiger charge is 2.18. The highest BCUT2D eigenvalue weighted by Crippen LogP contribution is 2.42. The van der Waals surface area contributed by atoms with Gasteiger partial charge in [0.15, 0.2) is 5.58 Å². The number of anilines is 3. The van der Waals surface area contributed by atoms with Gasteiger partial charge in [-0.1, -0.05) is 140 Å². The van der Waals surface area contributed by atoms with Crippen molar-refractivity contribution >= 4 is 38.9 Å². The molecule has 0 aliphatic heterocycles. The van der Waals surface area contributed by atoms with Crippen LogP contribution in [-0.2, 0) is 0 Å². The lowest BCUT2D eigenvalue weighted by atomic mass is 9.99. The fraction of sp³-hybridized carbons (Fsp3) is 0. The molecule has 0 radical (unpaired) electrons. The molecule has 0 aliphatic rings. The molecule has 0 saturated heterocycles. The molecule has 0 fully saturated rings. The first-order valence-electron chi connectivity index (χ1n) is 16.9. The van der Waals surface area contributed by atoms with Gasteiger partial charge in [0.05, 0.1) is 5.69 Å². The second kappa shape index (κ2) is 12.7. The number of hydrogen-bond acceptors (Lipinski definition) is 3. The molecule has 3 heteroatoms. The van der Waals surface area contributed by atoms with E-state index in [4.69, 9.17) is 9.40 Å². The molecule has 0 unspecified atom stereocenters. The average molecular weight is 641 g/mol. The van der Waals surface area contributed by atoms with E-state index in [1.165, 1.54) is 22.3 Å². The molecule has 0 spiro atoms. The smallest absolute Gasteiger partial charge is 0.227 e. The van der Waals surface area contributed by atoms with E-state index in [1.807, 2.05) is 36.4 Å². The van der Waals surface area contributed by atoms with Gasteiger partial charge >= 0.3 is 0 Å². The zero-order valence-corrected chi connectivity index (χ0v) is 27.3. The Morgan fingerprint density at radius 3 is 1.58 bits per heavy atom. The molecule has 1 heterocycles. The van der Waals surface area contributed by atoms with Gasteiger partial charge in [0.1, 0.15) is 5.52 Å². The first kappa shape index (κ1) is 29.4. The SMILES string of the molecule is c1ccc(-c2ccc(N(c3ccc(-c4ccc5c(ccc6oc(-c7ccccc7)nc65)c4)cc3)c3ccccc3-c3ccccc3)cc2)cc1. The second-order valence-corrected chi connectivity index (χ2v) is 12.4. The Morgan fingerprint density at radius 1 is 0.400 bits per heavy atom. The molecule has 9 rings (SSSR count). The monoisotopic (exact) mass is 640 g/mol. The van der Waals surface area contributed by atoms with Crippen LogP contribution in [0.1, 0.15) is 0 Å². The number of fused-ring (bicyclic) bond motifs is 3. The Hall–Kier alpha value is -6.71. The minimum absolute atomic E-state index is 0.640. The van der Waals surface area contributed by atoms with Crippen LogP contribution in [0.3, 0.4) is 0 Å². The van der Waals surface area contributed by atoms with Crippen molar-refractivity contribution in [3.63, 3.8) is 0 Å². The quantitative estimate of drug-likeness (QED) is 0.174. The molecule has 0 amide bonds. The molecule has 236 valence electrons. The zero-order chi connectivity index (χ0) is 33.3. The summed E-state index contributed by atoms with van der Waals surface area (Å²) in [6, 6.07) is 68.3. The standard InChI is InChI=1S/C47H32N2O/c1-4-12-33(13-5-1)34-20-26-40(27-21-34)49(44-19-11-10-18-42(44)36-14-6-2-7-15-36)41-28-22-35(23-29-41)38-24-30-43-39(32-38)25-31-45-46(43)48-47(50-45)37-16-8-3-9-17-37/h1-32H. The van der Waals surface area contributed by atoms with E-state index < -0.39 is 0 Å². The van der Waals surface area contributed by atoms with Crippen LogP contribution in [-0.4, -0.2) is 4.98 Å². The van der Waals surface area contributed by atoms with Crippen molar-refractivity contribution in [2.24, 2.45) is 0 Å². The van der Waals surface area contributed by atoms with Crippen LogP contribution in [0.25, 0.3) is 66.7 Å². The topological polar surface area (TPSA) is 29.3 Å². The third-order valence-corrected chi connectivity index (χ3v) is 9.32. The minimum Gasteiger partial charge on any atom is -0.436 e. The van der Waals surface area contributed by atoms with E-state index in [2.05, 4.69) is 163 Å². The Morgan fingerprint density at radius 2 is 0.920 bits per heavy atom. The molecule has 0 N–H and O–H groups in total. The Balaban J connectivity index is 1.10. The summed E-state index contributed by atoms with van der Waals surface area (Å²) in [7, 11) is 0. The maximum Gasteiger partial charge on any atom is 0.227 e. The van der Waals surface area contributed by atoms with Gasteiger partial charge < -0.3 is 9.32 Å². The normalized spacial score (nSPS) is 11.2. The summed E-state index contributed by atoms with van der Waals surface area (Å²) in [5.41, 5.74) is 13.0. The Bertz CT molecular complexity index is 2560. The van der Waals surface area contributed by atoms with E-state index in [1.54, 1.807) is 0 Å². The first-order chi connectivity index (χ1) is 24.8. The summed E-state index contributed by atoms with van der Waals surface area (Å²) in [6.07, 6.45) is 0. The summed E-state index contributed by atoms with van der Waals surface area (Å²) < 4.78 is 6.14. The van der Waals surface area contributed by atoms with Crippen LogP contribution >= 0.6 is 0 Å². The van der Waals surface area contributed by atoms with Gasteiger partial charge in [-0.2, -0.15) is 0 Å². The summed E-state index contributed by atoms with van der Waals surface area (Å²) in [5.74, 6) is 0.640. The predicted molar refractivity (Wildman–Crippen MR) is 208 cm³/mol. The van der Waals surface area contributed by atoms with Crippen molar-refractivity contribution in [3.05, 3.63) is 194 Å². The number of aromatic nitrogens is 1. The number of rotatable bonds is 7. The molecular weight excluding hydrogens is 609 g/mol. The van der Waals surface area contributed by atoms with Gasteiger partial charge in [-0.05, 0) is 87.8 Å². The van der Waals surface area contributed by atoms with Gasteiger partial charge in [-0.15, -0.1) is 0 Å². The molecule has 50 heavy (non-hydrogen) atoms. The Kier molecular flexibility index (Phi) is 7.49. The van der Waals surface area contributed by atoms with Crippen LogP contribution in [0.2, 0.25) is 0 Å². The number of benzene rings is 8. The van der Waals surface area contributed by atoms with Crippen molar-refractivity contribution < 1.29 is 4.42 Å². The van der Waals surface area contributed by atoms with Crippen molar-refractivity contribution in [1.82, 2.24) is 4.98 Å². The Labute approximate surface area is 291 Å². The molecule has 1 aromatic heterocycles. The maximum absolute atomic E-state index is 6.14. The average Bonchev–Trinajstić information content (AvgIpc) is 3.65. The lowest BCUT2D eigenvalue weighted by Gasteiger charge is -2.28. The molecule has 9 aromatic rings. The third kappa shape index (κ3) is 5.51. The summed E-state index contributed by atoms with van der Waals surface area (Å²) >= 11 is 0. The number of hydrogen-bond donors (Lipinski definition) is 0. The largest absolute Gasteiger partial charge is 0.436 e. The molecule has 8 aromatic carbocycles. The lowest BCUT2D eigenvalue weighted by molar-refractivity contribution is 0.620. The summed E-state index contributed by atoms with van der Waals surface area (Å²) in [4.78, 5) is 7.24. The van der Waals surface area contributed by atoms with Gasteiger partial charge in [0.2, 0.25) is 5.89 Å². The van der Waals surface area contributed by atoms with E-state index in [-0.39, 0.29) is 0 Å². The molecular formula is C47H32N2O. The van der Waals surface area contributed by atoms with Crippen LogP contribution < -0.4 is 4.90 Å².